The monoisotopic (exact) mass is 454 g/mol. The lowest BCUT2D eigenvalue weighted by atomic mass is 10.1. The Kier molecular flexibility index (Phi) is 4.60. The zero-order valence-electron chi connectivity index (χ0n) is 18.3. The van der Waals surface area contributed by atoms with Crippen molar-refractivity contribution in [1.82, 2.24) is 30.6 Å². The van der Waals surface area contributed by atoms with Crippen molar-refractivity contribution in [2.75, 3.05) is 13.1 Å². The number of H-pyrrole nitrogens is 2. The molecule has 0 aliphatic carbocycles. The Morgan fingerprint density at radius 2 is 1.18 bits per heavy atom. The highest BCUT2D eigenvalue weighted by molar-refractivity contribution is 7.18. The number of nitrogens with one attached hydrogen (secondary N) is 4. The molecule has 0 spiro atoms. The van der Waals surface area contributed by atoms with Crippen LogP contribution in [0.25, 0.3) is 42.9 Å². The Morgan fingerprint density at radius 1 is 0.667 bits per heavy atom. The molecule has 2 atom stereocenters. The maximum Gasteiger partial charge on any atom is 0.124 e. The van der Waals surface area contributed by atoms with Gasteiger partial charge < -0.3 is 20.6 Å². The van der Waals surface area contributed by atoms with Crippen LogP contribution >= 0.6 is 11.3 Å². The van der Waals surface area contributed by atoms with E-state index < -0.39 is 0 Å². The standard InChI is InChI=1S/C26H26N6S/c1-3-19(27-11-1)25-29-17-7-5-15(13-21(17)31-25)23-9-10-24(33-23)16-6-8-18-22(14-16)32-26(30-18)20-4-2-12-28-20/h5-10,13-14,19-20,27-28H,1-4,11-12H2,(H,29,31)(H,30,32)/t19-,20-/m0/s1. The van der Waals surface area contributed by atoms with Gasteiger partial charge in [0.15, 0.2) is 0 Å². The number of fused-ring (bicyclic) bond motifs is 2. The van der Waals surface area contributed by atoms with Crippen LogP contribution < -0.4 is 10.6 Å². The number of nitrogens with zero attached hydrogens (tertiary/aromatic N) is 2. The summed E-state index contributed by atoms with van der Waals surface area (Å²) in [5.74, 6) is 2.12. The summed E-state index contributed by atoms with van der Waals surface area (Å²) in [4.78, 5) is 19.3. The third kappa shape index (κ3) is 3.47. The van der Waals surface area contributed by atoms with E-state index in [0.29, 0.717) is 12.1 Å². The molecule has 2 aliphatic heterocycles. The SMILES string of the molecule is c1cc2nc([C@@H]3CCCN3)[nH]c2cc1-c1ccc(-c2ccc3nc([C@@H]4CCCN4)[nH]c3c2)s1. The molecule has 2 saturated heterocycles. The van der Waals surface area contributed by atoms with Gasteiger partial charge in [-0.25, -0.2) is 9.97 Å². The van der Waals surface area contributed by atoms with E-state index in [1.165, 1.54) is 33.7 Å². The number of hydrogen-bond donors (Lipinski definition) is 4. The van der Waals surface area contributed by atoms with Crippen LogP contribution in [0.3, 0.4) is 0 Å². The number of aromatic amines is 2. The minimum Gasteiger partial charge on any atom is -0.341 e. The summed E-state index contributed by atoms with van der Waals surface area (Å²) < 4.78 is 0. The summed E-state index contributed by atoms with van der Waals surface area (Å²) in [5.41, 5.74) is 6.75. The smallest absolute Gasteiger partial charge is 0.124 e. The molecular formula is C26H26N6S. The first kappa shape index (κ1) is 19.5. The predicted molar refractivity (Wildman–Crippen MR) is 134 cm³/mol. The molecule has 7 rings (SSSR count). The summed E-state index contributed by atoms with van der Waals surface area (Å²) in [6.45, 7) is 2.15. The van der Waals surface area contributed by atoms with Gasteiger partial charge >= 0.3 is 0 Å². The first-order valence-corrected chi connectivity index (χ1v) is 12.7. The quantitative estimate of drug-likeness (QED) is 0.281. The lowest BCUT2D eigenvalue weighted by Crippen LogP contribution is -2.13. The van der Waals surface area contributed by atoms with Crippen LogP contribution in [0.4, 0.5) is 0 Å². The molecule has 2 aromatic carbocycles. The highest BCUT2D eigenvalue weighted by atomic mass is 32.1. The second kappa shape index (κ2) is 7.80. The van der Waals surface area contributed by atoms with E-state index in [1.54, 1.807) is 0 Å². The maximum absolute atomic E-state index is 4.81. The third-order valence-electron chi connectivity index (χ3n) is 6.96. The maximum atomic E-state index is 4.81. The summed E-state index contributed by atoms with van der Waals surface area (Å²) in [7, 11) is 0. The highest BCUT2D eigenvalue weighted by Crippen LogP contribution is 2.37. The Morgan fingerprint density at radius 3 is 1.64 bits per heavy atom. The molecule has 0 saturated carbocycles. The lowest BCUT2D eigenvalue weighted by molar-refractivity contribution is 0.614. The van der Waals surface area contributed by atoms with Gasteiger partial charge in [0.25, 0.3) is 0 Å². The predicted octanol–water partition coefficient (Wildman–Crippen LogP) is 5.68. The molecule has 33 heavy (non-hydrogen) atoms. The fourth-order valence-corrected chi connectivity index (χ4v) is 6.18. The highest BCUT2D eigenvalue weighted by Gasteiger charge is 2.21. The van der Waals surface area contributed by atoms with Crippen LogP contribution in [0.15, 0.2) is 48.5 Å². The number of benzene rings is 2. The van der Waals surface area contributed by atoms with Crippen molar-refractivity contribution in [3.8, 4) is 20.9 Å². The third-order valence-corrected chi connectivity index (χ3v) is 8.14. The average Bonchev–Trinajstić information content (AvgIpc) is 3.68. The van der Waals surface area contributed by atoms with E-state index in [2.05, 4.69) is 69.1 Å². The molecular weight excluding hydrogens is 428 g/mol. The van der Waals surface area contributed by atoms with E-state index in [4.69, 9.17) is 9.97 Å². The van der Waals surface area contributed by atoms with Crippen molar-refractivity contribution in [2.24, 2.45) is 0 Å². The van der Waals surface area contributed by atoms with Crippen molar-refractivity contribution < 1.29 is 0 Å². The fraction of sp³-hybridized carbons (Fsp3) is 0.308. The van der Waals surface area contributed by atoms with E-state index in [9.17, 15) is 0 Å². The van der Waals surface area contributed by atoms with Crippen LogP contribution in [0.5, 0.6) is 0 Å². The lowest BCUT2D eigenvalue weighted by Gasteiger charge is -2.04. The van der Waals surface area contributed by atoms with Gasteiger partial charge in [-0.15, -0.1) is 11.3 Å². The van der Waals surface area contributed by atoms with Crippen molar-refractivity contribution in [1.29, 1.82) is 0 Å². The summed E-state index contributed by atoms with van der Waals surface area (Å²) >= 11 is 1.83. The number of imidazole rings is 2. The molecule has 0 radical (unpaired) electrons. The van der Waals surface area contributed by atoms with Crippen molar-refractivity contribution in [2.45, 2.75) is 37.8 Å². The minimum atomic E-state index is 0.358. The van der Waals surface area contributed by atoms with E-state index in [0.717, 1.165) is 59.6 Å². The normalized spacial score (nSPS) is 21.0. The van der Waals surface area contributed by atoms with Crippen molar-refractivity contribution >= 4 is 33.4 Å². The van der Waals surface area contributed by atoms with Gasteiger partial charge in [0, 0.05) is 9.75 Å². The Balaban J connectivity index is 1.18. The minimum absolute atomic E-state index is 0.358. The van der Waals surface area contributed by atoms with Crippen molar-refractivity contribution in [3.05, 3.63) is 60.2 Å². The number of aromatic nitrogens is 4. The summed E-state index contributed by atoms with van der Waals surface area (Å²) in [6.07, 6.45) is 4.74. The van der Waals surface area contributed by atoms with Gasteiger partial charge in [-0.05, 0) is 86.3 Å². The molecule has 0 unspecified atom stereocenters. The molecule has 3 aromatic heterocycles. The van der Waals surface area contributed by atoms with Crippen LogP contribution in [-0.2, 0) is 0 Å². The number of thiophene rings is 1. The van der Waals surface area contributed by atoms with E-state index in [-0.39, 0.29) is 0 Å². The first-order valence-electron chi connectivity index (χ1n) is 11.9. The second-order valence-corrected chi connectivity index (χ2v) is 10.3. The van der Waals surface area contributed by atoms with Gasteiger partial charge in [0.2, 0.25) is 0 Å². The molecule has 0 amide bonds. The van der Waals surface area contributed by atoms with Crippen LogP contribution in [0.1, 0.15) is 49.4 Å². The molecule has 0 bridgehead atoms. The Bertz CT molecular complexity index is 1340. The van der Waals surface area contributed by atoms with E-state index >= 15 is 0 Å². The summed E-state index contributed by atoms with van der Waals surface area (Å²) in [5, 5.41) is 7.06. The first-order chi connectivity index (χ1) is 16.3. The van der Waals surface area contributed by atoms with Gasteiger partial charge in [-0.2, -0.15) is 0 Å². The Hall–Kier alpha value is -3.00. The van der Waals surface area contributed by atoms with Crippen LogP contribution in [0, 0.1) is 0 Å². The van der Waals surface area contributed by atoms with Crippen LogP contribution in [0.2, 0.25) is 0 Å². The molecule has 6 nitrogen and oxygen atoms in total. The zero-order valence-corrected chi connectivity index (χ0v) is 19.1. The van der Waals surface area contributed by atoms with Crippen LogP contribution in [-0.4, -0.2) is 33.0 Å². The van der Waals surface area contributed by atoms with Crippen molar-refractivity contribution in [3.63, 3.8) is 0 Å². The van der Waals surface area contributed by atoms with E-state index in [1.807, 2.05) is 11.3 Å². The topological polar surface area (TPSA) is 81.4 Å². The van der Waals surface area contributed by atoms with Gasteiger partial charge in [0.05, 0.1) is 34.2 Å². The van der Waals surface area contributed by atoms with Gasteiger partial charge in [-0.3, -0.25) is 0 Å². The molecule has 2 fully saturated rings. The largest absolute Gasteiger partial charge is 0.341 e. The van der Waals surface area contributed by atoms with Gasteiger partial charge in [0.1, 0.15) is 11.6 Å². The summed E-state index contributed by atoms with van der Waals surface area (Å²) in [6, 6.07) is 18.3. The average molecular weight is 455 g/mol. The van der Waals surface area contributed by atoms with Gasteiger partial charge in [-0.1, -0.05) is 12.1 Å². The second-order valence-electron chi connectivity index (χ2n) is 9.17. The number of rotatable bonds is 4. The number of hydrogen-bond acceptors (Lipinski definition) is 5. The molecule has 4 N–H and O–H groups in total. The molecule has 166 valence electrons. The molecule has 5 aromatic rings. The molecule has 7 heteroatoms. The Labute approximate surface area is 195 Å². The fourth-order valence-electron chi connectivity index (χ4n) is 5.18. The zero-order chi connectivity index (χ0) is 21.8. The molecule has 5 heterocycles. The molecule has 2 aliphatic rings.